The number of carbonyl (C=O) groups excluding carboxylic acids is 1. The maximum absolute atomic E-state index is 11.4. The van der Waals surface area contributed by atoms with Crippen LogP contribution < -0.4 is 5.32 Å². The number of hydrogen-bond donors (Lipinski definition) is 2. The quantitative estimate of drug-likeness (QED) is 0.789. The monoisotopic (exact) mass is 239 g/mol. The van der Waals surface area contributed by atoms with Crippen LogP contribution in [-0.2, 0) is 4.79 Å². The molecule has 16 heavy (non-hydrogen) atoms. The first-order chi connectivity index (χ1) is 7.38. The first-order valence-corrected chi connectivity index (χ1v) is 5.99. The van der Waals surface area contributed by atoms with Crippen molar-refractivity contribution in [3.63, 3.8) is 0 Å². The molecule has 0 atom stereocenters. The molecule has 4 heteroatoms. The van der Waals surface area contributed by atoms with E-state index >= 15 is 0 Å². The minimum atomic E-state index is -0.873. The number of rotatable bonds is 4. The van der Waals surface area contributed by atoms with Gasteiger partial charge in [0.25, 0.3) is 0 Å². The molecule has 0 saturated carbocycles. The summed E-state index contributed by atoms with van der Waals surface area (Å²) in [7, 11) is 0. The van der Waals surface area contributed by atoms with Gasteiger partial charge in [-0.2, -0.15) is 0 Å². The maximum atomic E-state index is 11.4. The van der Waals surface area contributed by atoms with Gasteiger partial charge in [0.15, 0.2) is 0 Å². The summed E-state index contributed by atoms with van der Waals surface area (Å²) in [6.07, 6.45) is 3.28. The van der Waals surface area contributed by atoms with Crippen molar-refractivity contribution in [2.75, 3.05) is 6.54 Å². The number of hydrogen-bond acceptors (Lipinski definition) is 3. The Bertz CT molecular complexity index is 388. The van der Waals surface area contributed by atoms with Crippen LogP contribution in [-0.4, -0.2) is 23.2 Å². The smallest absolute Gasteiger partial charge is 0.244 e. The molecule has 0 aliphatic heterocycles. The van der Waals surface area contributed by atoms with E-state index in [1.165, 1.54) is 6.08 Å². The predicted molar refractivity (Wildman–Crippen MR) is 67.4 cm³/mol. The summed E-state index contributed by atoms with van der Waals surface area (Å²) in [5, 5.41) is 14.0. The molecule has 1 rings (SSSR count). The second-order valence-corrected chi connectivity index (χ2v) is 5.28. The lowest BCUT2D eigenvalue weighted by atomic mass is 10.1. The molecular formula is C12H17NO2S. The van der Waals surface area contributed by atoms with Crippen LogP contribution in [0, 0.1) is 6.92 Å². The Hall–Kier alpha value is -1.13. The summed E-state index contributed by atoms with van der Waals surface area (Å²) in [5.74, 6) is -0.185. The van der Waals surface area contributed by atoms with E-state index in [4.69, 9.17) is 0 Å². The number of thiophene rings is 1. The SMILES string of the molecule is Cc1ccsc1C=CC(=O)NCC(C)(C)O. The zero-order valence-corrected chi connectivity index (χ0v) is 10.6. The molecule has 0 saturated heterocycles. The third-order valence-electron chi connectivity index (χ3n) is 1.98. The summed E-state index contributed by atoms with van der Waals surface area (Å²) < 4.78 is 0. The lowest BCUT2D eigenvalue weighted by molar-refractivity contribution is -0.117. The van der Waals surface area contributed by atoms with Gasteiger partial charge in [0, 0.05) is 17.5 Å². The Morgan fingerprint density at radius 2 is 2.31 bits per heavy atom. The second-order valence-electron chi connectivity index (χ2n) is 4.33. The van der Waals surface area contributed by atoms with Crippen LogP contribution in [0.15, 0.2) is 17.5 Å². The summed E-state index contributed by atoms with van der Waals surface area (Å²) >= 11 is 1.60. The molecule has 0 aliphatic rings. The van der Waals surface area contributed by atoms with Gasteiger partial charge in [-0.1, -0.05) is 0 Å². The van der Waals surface area contributed by atoms with Crippen molar-refractivity contribution in [3.05, 3.63) is 28.0 Å². The highest BCUT2D eigenvalue weighted by atomic mass is 32.1. The van der Waals surface area contributed by atoms with Gasteiger partial charge in [-0.05, 0) is 43.9 Å². The van der Waals surface area contributed by atoms with Gasteiger partial charge < -0.3 is 10.4 Å². The fourth-order valence-electron chi connectivity index (χ4n) is 1.07. The van der Waals surface area contributed by atoms with Crippen LogP contribution in [0.5, 0.6) is 0 Å². The van der Waals surface area contributed by atoms with Crippen molar-refractivity contribution in [2.24, 2.45) is 0 Å². The van der Waals surface area contributed by atoms with Gasteiger partial charge in [0.2, 0.25) is 5.91 Å². The number of aryl methyl sites for hydroxylation is 1. The summed E-state index contributed by atoms with van der Waals surface area (Å²) in [4.78, 5) is 12.5. The molecule has 1 aromatic rings. The highest BCUT2D eigenvalue weighted by Crippen LogP contribution is 2.16. The topological polar surface area (TPSA) is 49.3 Å². The predicted octanol–water partition coefficient (Wildman–Crippen LogP) is 1.96. The van der Waals surface area contributed by atoms with Crippen LogP contribution in [0.4, 0.5) is 0 Å². The lowest BCUT2D eigenvalue weighted by Crippen LogP contribution is -2.37. The molecule has 0 radical (unpaired) electrons. The van der Waals surface area contributed by atoms with E-state index in [0.29, 0.717) is 0 Å². The molecule has 0 aliphatic carbocycles. The third-order valence-corrected chi connectivity index (χ3v) is 2.97. The Morgan fingerprint density at radius 3 is 2.81 bits per heavy atom. The molecule has 1 amide bonds. The van der Waals surface area contributed by atoms with E-state index in [1.54, 1.807) is 31.3 Å². The molecule has 0 unspecified atom stereocenters. The second kappa shape index (κ2) is 5.27. The Balaban J connectivity index is 2.46. The number of aliphatic hydroxyl groups is 1. The van der Waals surface area contributed by atoms with E-state index in [0.717, 1.165) is 10.4 Å². The van der Waals surface area contributed by atoms with Crippen LogP contribution in [0.3, 0.4) is 0 Å². The van der Waals surface area contributed by atoms with Crippen molar-refractivity contribution >= 4 is 23.3 Å². The average Bonchev–Trinajstić information content (AvgIpc) is 2.57. The van der Waals surface area contributed by atoms with Crippen molar-refractivity contribution in [2.45, 2.75) is 26.4 Å². The van der Waals surface area contributed by atoms with E-state index in [-0.39, 0.29) is 12.5 Å². The van der Waals surface area contributed by atoms with Gasteiger partial charge >= 0.3 is 0 Å². The standard InChI is InChI=1S/C12H17NO2S/c1-9-6-7-16-10(9)4-5-11(14)13-8-12(2,3)15/h4-7,15H,8H2,1-3H3,(H,13,14). The molecule has 3 nitrogen and oxygen atoms in total. The number of carbonyl (C=O) groups is 1. The minimum absolute atomic E-state index is 0.185. The molecule has 0 fully saturated rings. The van der Waals surface area contributed by atoms with Crippen molar-refractivity contribution < 1.29 is 9.90 Å². The lowest BCUT2D eigenvalue weighted by Gasteiger charge is -2.16. The number of amides is 1. The van der Waals surface area contributed by atoms with E-state index in [1.807, 2.05) is 18.4 Å². The van der Waals surface area contributed by atoms with E-state index in [9.17, 15) is 9.90 Å². The molecule has 1 aromatic heterocycles. The normalized spacial score (nSPS) is 12.0. The van der Waals surface area contributed by atoms with Gasteiger partial charge in [-0.3, -0.25) is 4.79 Å². The molecule has 0 aromatic carbocycles. The van der Waals surface area contributed by atoms with Gasteiger partial charge in [-0.25, -0.2) is 0 Å². The number of nitrogens with one attached hydrogen (secondary N) is 1. The largest absolute Gasteiger partial charge is 0.389 e. The summed E-state index contributed by atoms with van der Waals surface area (Å²) in [6.45, 7) is 5.56. The molecule has 1 heterocycles. The fraction of sp³-hybridized carbons (Fsp3) is 0.417. The fourth-order valence-corrected chi connectivity index (χ4v) is 1.89. The van der Waals surface area contributed by atoms with Crippen LogP contribution in [0.25, 0.3) is 6.08 Å². The zero-order valence-electron chi connectivity index (χ0n) is 9.78. The van der Waals surface area contributed by atoms with Crippen molar-refractivity contribution in [3.8, 4) is 0 Å². The first kappa shape index (κ1) is 12.9. The van der Waals surface area contributed by atoms with Crippen LogP contribution >= 0.6 is 11.3 Å². The van der Waals surface area contributed by atoms with Gasteiger partial charge in [0.1, 0.15) is 0 Å². The minimum Gasteiger partial charge on any atom is -0.389 e. The third kappa shape index (κ3) is 4.59. The molecule has 0 bridgehead atoms. The highest BCUT2D eigenvalue weighted by molar-refractivity contribution is 7.11. The first-order valence-electron chi connectivity index (χ1n) is 5.11. The van der Waals surface area contributed by atoms with E-state index in [2.05, 4.69) is 5.32 Å². The van der Waals surface area contributed by atoms with Gasteiger partial charge in [-0.15, -0.1) is 11.3 Å². The summed E-state index contributed by atoms with van der Waals surface area (Å²) in [5.41, 5.74) is 0.291. The van der Waals surface area contributed by atoms with Crippen LogP contribution in [0.2, 0.25) is 0 Å². The average molecular weight is 239 g/mol. The molecule has 88 valence electrons. The Labute approximate surface area is 99.8 Å². The van der Waals surface area contributed by atoms with Crippen molar-refractivity contribution in [1.29, 1.82) is 0 Å². The van der Waals surface area contributed by atoms with Crippen LogP contribution in [0.1, 0.15) is 24.3 Å². The highest BCUT2D eigenvalue weighted by Gasteiger charge is 2.12. The van der Waals surface area contributed by atoms with E-state index < -0.39 is 5.60 Å². The molecular weight excluding hydrogens is 222 g/mol. The zero-order chi connectivity index (χ0) is 12.2. The van der Waals surface area contributed by atoms with Gasteiger partial charge in [0.05, 0.1) is 5.60 Å². The molecule has 0 spiro atoms. The van der Waals surface area contributed by atoms with Crippen molar-refractivity contribution in [1.82, 2.24) is 5.32 Å². The Morgan fingerprint density at radius 1 is 1.62 bits per heavy atom. The Kier molecular flexibility index (Phi) is 4.26. The maximum Gasteiger partial charge on any atom is 0.244 e. The summed E-state index contributed by atoms with van der Waals surface area (Å²) in [6, 6.07) is 2.01. The molecule has 2 N–H and O–H groups in total.